The first kappa shape index (κ1) is 21.4. The Morgan fingerprint density at radius 1 is 1.24 bits per heavy atom. The van der Waals surface area contributed by atoms with Gasteiger partial charge in [0.15, 0.2) is 0 Å². The highest BCUT2D eigenvalue weighted by atomic mass is 35.5. The van der Waals surface area contributed by atoms with Crippen LogP contribution in [0, 0.1) is 13.8 Å². The number of rotatable bonds is 7. The van der Waals surface area contributed by atoms with E-state index in [1.165, 1.54) is 16.1 Å². The summed E-state index contributed by atoms with van der Waals surface area (Å²) in [5.74, 6) is -0.0101. The molecule has 3 nitrogen and oxygen atoms in total. The van der Waals surface area contributed by atoms with Gasteiger partial charge < -0.3 is 10.2 Å². The number of halogens is 1. The van der Waals surface area contributed by atoms with Crippen molar-refractivity contribution in [3.63, 3.8) is 0 Å². The standard InChI is InChI=1S/C24H27ClN2OS/c1-16(5-7-19(4)25)6-8-23(28)26-24-17(2)13-21(14-18(24)3)27-11-9-22-20(15-27)10-12-29-22/h5,7,10,12-14H,1,4,6,8-9,11,15H2,2-3H3,(H,26,28)/b7-5-. The molecule has 0 saturated heterocycles. The fraction of sp³-hybridized carbons (Fsp3) is 0.292. The van der Waals surface area contributed by atoms with Gasteiger partial charge in [-0.2, -0.15) is 0 Å². The second kappa shape index (κ2) is 9.47. The first-order chi connectivity index (χ1) is 13.8. The fourth-order valence-corrected chi connectivity index (χ4v) is 4.51. The van der Waals surface area contributed by atoms with Gasteiger partial charge in [0.05, 0.1) is 0 Å². The summed E-state index contributed by atoms with van der Waals surface area (Å²) in [6.07, 6.45) is 5.55. The minimum absolute atomic E-state index is 0.0101. The third-order valence-corrected chi connectivity index (χ3v) is 6.28. The van der Waals surface area contributed by atoms with E-state index in [-0.39, 0.29) is 5.91 Å². The van der Waals surface area contributed by atoms with Crippen molar-refractivity contribution in [3.05, 3.63) is 81.1 Å². The molecule has 2 aromatic rings. The minimum Gasteiger partial charge on any atom is -0.367 e. The molecule has 0 saturated carbocycles. The molecule has 3 rings (SSSR count). The quantitative estimate of drug-likeness (QED) is 0.511. The van der Waals surface area contributed by atoms with Gasteiger partial charge in [-0.15, -0.1) is 11.3 Å². The van der Waals surface area contributed by atoms with Gasteiger partial charge in [0.25, 0.3) is 0 Å². The Bertz CT molecular complexity index is 950. The molecule has 29 heavy (non-hydrogen) atoms. The van der Waals surface area contributed by atoms with Crippen LogP contribution in [0.15, 0.2) is 59.5 Å². The monoisotopic (exact) mass is 426 g/mol. The number of carbonyl (C=O) groups is 1. The maximum absolute atomic E-state index is 12.4. The first-order valence-corrected chi connectivity index (χ1v) is 11.0. The molecule has 152 valence electrons. The predicted molar refractivity (Wildman–Crippen MR) is 126 cm³/mol. The van der Waals surface area contributed by atoms with E-state index >= 15 is 0 Å². The minimum atomic E-state index is -0.0101. The highest BCUT2D eigenvalue weighted by molar-refractivity contribution is 7.10. The lowest BCUT2D eigenvalue weighted by Gasteiger charge is -2.30. The molecule has 1 N–H and O–H groups in total. The summed E-state index contributed by atoms with van der Waals surface area (Å²) in [5, 5.41) is 5.71. The van der Waals surface area contributed by atoms with E-state index in [1.807, 2.05) is 11.3 Å². The van der Waals surface area contributed by atoms with Gasteiger partial charge in [0.2, 0.25) is 5.91 Å². The SMILES string of the molecule is C=C(Cl)/C=C\C(=C)CCC(=O)Nc1c(C)cc(N2CCc3sccc3C2)cc1C. The van der Waals surface area contributed by atoms with Crippen molar-refractivity contribution < 1.29 is 4.79 Å². The van der Waals surface area contributed by atoms with Gasteiger partial charge >= 0.3 is 0 Å². The van der Waals surface area contributed by atoms with E-state index in [0.717, 1.165) is 41.9 Å². The molecule has 1 amide bonds. The van der Waals surface area contributed by atoms with E-state index in [0.29, 0.717) is 17.9 Å². The van der Waals surface area contributed by atoms with Crippen LogP contribution in [0.2, 0.25) is 0 Å². The van der Waals surface area contributed by atoms with Crippen LogP contribution in [0.25, 0.3) is 0 Å². The molecule has 0 aliphatic carbocycles. The van der Waals surface area contributed by atoms with Gasteiger partial charge in [-0.1, -0.05) is 36.4 Å². The summed E-state index contributed by atoms with van der Waals surface area (Å²) in [7, 11) is 0. The van der Waals surface area contributed by atoms with Crippen LogP contribution in [0.1, 0.15) is 34.4 Å². The molecule has 0 fully saturated rings. The molecule has 0 unspecified atom stereocenters. The number of carbonyl (C=O) groups excluding carboxylic acids is 1. The van der Waals surface area contributed by atoms with Gasteiger partial charge in [0, 0.05) is 40.8 Å². The Labute approximate surface area is 182 Å². The number of hydrogen-bond donors (Lipinski definition) is 1. The molecule has 1 aromatic carbocycles. The lowest BCUT2D eigenvalue weighted by molar-refractivity contribution is -0.116. The molecule has 1 aliphatic rings. The van der Waals surface area contributed by atoms with Crippen LogP contribution in [-0.4, -0.2) is 12.5 Å². The Morgan fingerprint density at radius 2 is 1.97 bits per heavy atom. The number of allylic oxidation sites excluding steroid dienone is 4. The number of nitrogens with one attached hydrogen (secondary N) is 1. The molecule has 0 spiro atoms. The number of nitrogens with zero attached hydrogens (tertiary/aromatic N) is 1. The van der Waals surface area contributed by atoms with Gasteiger partial charge in [-0.25, -0.2) is 0 Å². The molecule has 0 bridgehead atoms. The zero-order valence-corrected chi connectivity index (χ0v) is 18.6. The van der Waals surface area contributed by atoms with Crippen LogP contribution >= 0.6 is 22.9 Å². The zero-order chi connectivity index (χ0) is 21.0. The Kier molecular flexibility index (Phi) is 6.99. The molecule has 5 heteroatoms. The maximum atomic E-state index is 12.4. The van der Waals surface area contributed by atoms with Crippen molar-refractivity contribution in [3.8, 4) is 0 Å². The van der Waals surface area contributed by atoms with Crippen LogP contribution in [0.3, 0.4) is 0 Å². The van der Waals surface area contributed by atoms with E-state index in [4.69, 9.17) is 11.6 Å². The Balaban J connectivity index is 1.63. The number of anilines is 2. The zero-order valence-electron chi connectivity index (χ0n) is 17.1. The van der Waals surface area contributed by atoms with Gasteiger partial charge in [0.1, 0.15) is 0 Å². The maximum Gasteiger partial charge on any atom is 0.224 e. The summed E-state index contributed by atoms with van der Waals surface area (Å²) < 4.78 is 0. The second-order valence-corrected chi connectivity index (χ2v) is 8.97. The van der Waals surface area contributed by atoms with Crippen LogP contribution in [-0.2, 0) is 17.8 Å². The van der Waals surface area contributed by atoms with Crippen LogP contribution in [0.5, 0.6) is 0 Å². The summed E-state index contributed by atoms with van der Waals surface area (Å²) in [6.45, 7) is 13.6. The molecular formula is C24H27ClN2OS. The van der Waals surface area contributed by atoms with Crippen molar-refractivity contribution >= 4 is 40.2 Å². The smallest absolute Gasteiger partial charge is 0.224 e. The summed E-state index contributed by atoms with van der Waals surface area (Å²) in [5.41, 5.74) is 6.57. The van der Waals surface area contributed by atoms with E-state index in [9.17, 15) is 4.79 Å². The van der Waals surface area contributed by atoms with E-state index in [2.05, 4.69) is 60.8 Å². The van der Waals surface area contributed by atoms with Crippen molar-refractivity contribution in [2.24, 2.45) is 0 Å². The average Bonchev–Trinajstić information content (AvgIpc) is 3.15. The highest BCUT2D eigenvalue weighted by Crippen LogP contribution is 2.32. The molecule has 2 heterocycles. The topological polar surface area (TPSA) is 32.3 Å². The highest BCUT2D eigenvalue weighted by Gasteiger charge is 2.19. The number of fused-ring (bicyclic) bond motifs is 1. The van der Waals surface area contributed by atoms with E-state index < -0.39 is 0 Å². The van der Waals surface area contributed by atoms with Crippen LogP contribution < -0.4 is 10.2 Å². The Morgan fingerprint density at radius 3 is 2.66 bits per heavy atom. The average molecular weight is 427 g/mol. The van der Waals surface area contributed by atoms with Crippen molar-refractivity contribution in [2.45, 2.75) is 39.7 Å². The lowest BCUT2D eigenvalue weighted by atomic mass is 10.0. The number of amides is 1. The summed E-state index contributed by atoms with van der Waals surface area (Å²) in [4.78, 5) is 16.3. The molecule has 0 radical (unpaired) electrons. The molecular weight excluding hydrogens is 400 g/mol. The number of benzene rings is 1. The second-order valence-electron chi connectivity index (χ2n) is 7.48. The fourth-order valence-electron chi connectivity index (χ4n) is 3.56. The van der Waals surface area contributed by atoms with Crippen molar-refractivity contribution in [2.75, 3.05) is 16.8 Å². The molecule has 1 aromatic heterocycles. The van der Waals surface area contributed by atoms with Gasteiger partial charge in [-0.3, -0.25) is 4.79 Å². The molecule has 1 aliphatic heterocycles. The number of thiophene rings is 1. The summed E-state index contributed by atoms with van der Waals surface area (Å²) in [6, 6.07) is 6.58. The largest absolute Gasteiger partial charge is 0.367 e. The van der Waals surface area contributed by atoms with Crippen molar-refractivity contribution in [1.29, 1.82) is 0 Å². The first-order valence-electron chi connectivity index (χ1n) is 9.75. The third-order valence-electron chi connectivity index (χ3n) is 5.13. The van der Waals surface area contributed by atoms with E-state index in [1.54, 1.807) is 12.2 Å². The lowest BCUT2D eigenvalue weighted by Crippen LogP contribution is -2.29. The summed E-state index contributed by atoms with van der Waals surface area (Å²) >= 11 is 7.56. The number of aryl methyl sites for hydroxylation is 2. The van der Waals surface area contributed by atoms with Crippen LogP contribution in [0.4, 0.5) is 11.4 Å². The molecule has 0 atom stereocenters. The Hall–Kier alpha value is -2.30. The normalized spacial score (nSPS) is 13.4. The van der Waals surface area contributed by atoms with Crippen molar-refractivity contribution in [1.82, 2.24) is 0 Å². The number of hydrogen-bond acceptors (Lipinski definition) is 3. The van der Waals surface area contributed by atoms with Gasteiger partial charge in [-0.05, 0) is 73.0 Å². The predicted octanol–water partition coefficient (Wildman–Crippen LogP) is 6.51. The third kappa shape index (κ3) is 5.62.